The van der Waals surface area contributed by atoms with Crippen LogP contribution in [0, 0.1) is 5.92 Å². The zero-order valence-corrected chi connectivity index (χ0v) is 34.9. The first kappa shape index (κ1) is 36.5. The van der Waals surface area contributed by atoms with Crippen LogP contribution >= 0.6 is 0 Å². The summed E-state index contributed by atoms with van der Waals surface area (Å²) in [6.45, 7) is 0. The van der Waals surface area contributed by atoms with Crippen LogP contribution in [0.4, 0.5) is 17.1 Å². The number of benzene rings is 9. The Bertz CT molecular complexity index is 3320. The molecule has 0 saturated heterocycles. The Morgan fingerprint density at radius 2 is 0.828 bits per heavy atom. The molecular weight excluding hydrogens is 779 g/mol. The second kappa shape index (κ2) is 14.5. The van der Waals surface area contributed by atoms with E-state index in [4.69, 9.17) is 9.47 Å². The molecular formula is C61H41NO2. The summed E-state index contributed by atoms with van der Waals surface area (Å²) < 4.78 is 13.9. The summed E-state index contributed by atoms with van der Waals surface area (Å²) >= 11 is 0. The fourth-order valence-electron chi connectivity index (χ4n) is 11.0. The van der Waals surface area contributed by atoms with Crippen molar-refractivity contribution in [3.63, 3.8) is 0 Å². The smallest absolute Gasteiger partial charge is 0.172 e. The molecule has 302 valence electrons. The number of ether oxygens (including phenoxy) is 2. The monoisotopic (exact) mass is 819 g/mol. The molecule has 1 aliphatic heterocycles. The SMILES string of the molecule is C1=CC2c3cc4c(cc3C3(c5ccccc5-c5ccccc53)C2C=C1)Oc1cc(N(c2cccc(-c3ccccc3)c2)c2cccc(-c3cccc(-c5ccccc5)c3)c2)ccc1O4. The lowest BCUT2D eigenvalue weighted by Crippen LogP contribution is -2.32. The minimum absolute atomic E-state index is 0.202. The number of hydrogen-bond donors (Lipinski definition) is 0. The maximum Gasteiger partial charge on any atom is 0.172 e. The van der Waals surface area contributed by atoms with Crippen molar-refractivity contribution in [3.8, 4) is 67.5 Å². The van der Waals surface area contributed by atoms with Gasteiger partial charge in [0.15, 0.2) is 23.0 Å². The topological polar surface area (TPSA) is 21.7 Å². The third-order valence-corrected chi connectivity index (χ3v) is 13.8. The van der Waals surface area contributed by atoms with Crippen molar-refractivity contribution in [2.45, 2.75) is 11.3 Å². The van der Waals surface area contributed by atoms with Crippen molar-refractivity contribution in [2.75, 3.05) is 4.90 Å². The standard InChI is InChI=1S/C61H41NO2/c1-3-16-40(17-4-1)42-20-13-21-43(34-42)45-23-15-25-47(36-45)62(46-24-14-22-44(35-46)41-18-5-2-6-19-41)48-32-33-57-58(37-48)64-60-39-56-52(38-59(60)63-57)51-28-9-12-31-55(51)61(56)53-29-10-7-26-49(53)50-27-8-11-30-54(50)61/h1-39,51,55H. The fraction of sp³-hybridized carbons (Fsp3) is 0.0492. The highest BCUT2D eigenvalue weighted by molar-refractivity contribution is 5.87. The van der Waals surface area contributed by atoms with Crippen LogP contribution in [0.15, 0.2) is 237 Å². The zero-order chi connectivity index (χ0) is 42.2. The van der Waals surface area contributed by atoms with E-state index in [0.29, 0.717) is 11.5 Å². The minimum atomic E-state index is -0.360. The van der Waals surface area contributed by atoms with E-state index in [1.807, 2.05) is 0 Å². The fourth-order valence-corrected chi connectivity index (χ4v) is 11.0. The molecule has 9 aromatic carbocycles. The number of rotatable bonds is 6. The molecule has 9 aromatic rings. The average Bonchev–Trinajstić information content (AvgIpc) is 3.82. The lowest BCUT2D eigenvalue weighted by atomic mass is 9.65. The number of allylic oxidation sites excluding steroid dienone is 4. The number of fused-ring (bicyclic) bond motifs is 12. The molecule has 0 amide bonds. The highest BCUT2D eigenvalue weighted by atomic mass is 16.6. The second-order valence-electron chi connectivity index (χ2n) is 17.2. The van der Waals surface area contributed by atoms with Gasteiger partial charge in [0, 0.05) is 29.3 Å². The molecule has 1 spiro atoms. The van der Waals surface area contributed by atoms with Crippen molar-refractivity contribution in [3.05, 3.63) is 259 Å². The van der Waals surface area contributed by atoms with Gasteiger partial charge in [-0.05, 0) is 121 Å². The Hall–Kier alpha value is -8.14. The van der Waals surface area contributed by atoms with Gasteiger partial charge in [-0.1, -0.05) is 176 Å². The van der Waals surface area contributed by atoms with Crippen LogP contribution in [0.1, 0.15) is 28.2 Å². The van der Waals surface area contributed by atoms with Crippen molar-refractivity contribution in [1.29, 1.82) is 0 Å². The van der Waals surface area contributed by atoms with Gasteiger partial charge >= 0.3 is 0 Å². The van der Waals surface area contributed by atoms with Crippen LogP contribution in [-0.2, 0) is 5.41 Å². The predicted molar refractivity (Wildman–Crippen MR) is 260 cm³/mol. The van der Waals surface area contributed by atoms with Gasteiger partial charge < -0.3 is 14.4 Å². The first-order valence-electron chi connectivity index (χ1n) is 22.1. The summed E-state index contributed by atoms with van der Waals surface area (Å²) in [5, 5.41) is 0. The van der Waals surface area contributed by atoms with Crippen molar-refractivity contribution >= 4 is 17.1 Å². The Labute approximate surface area is 373 Å². The Morgan fingerprint density at radius 3 is 1.50 bits per heavy atom. The molecule has 0 bridgehead atoms. The Kier molecular flexibility index (Phi) is 8.26. The normalized spacial score (nSPS) is 16.4. The first-order valence-corrected chi connectivity index (χ1v) is 22.1. The summed E-state index contributed by atoms with van der Waals surface area (Å²) in [6, 6.07) is 76.3. The third-order valence-electron chi connectivity index (χ3n) is 13.8. The lowest BCUT2D eigenvalue weighted by molar-refractivity contribution is 0.358. The van der Waals surface area contributed by atoms with E-state index in [1.165, 1.54) is 44.5 Å². The van der Waals surface area contributed by atoms with Gasteiger partial charge in [0.2, 0.25) is 0 Å². The second-order valence-corrected chi connectivity index (χ2v) is 17.2. The van der Waals surface area contributed by atoms with Gasteiger partial charge in [0.05, 0.1) is 11.1 Å². The van der Waals surface area contributed by atoms with Gasteiger partial charge in [-0.25, -0.2) is 0 Å². The molecule has 4 aliphatic rings. The van der Waals surface area contributed by atoms with Gasteiger partial charge in [0.1, 0.15) is 0 Å². The van der Waals surface area contributed by atoms with Crippen LogP contribution < -0.4 is 14.4 Å². The van der Waals surface area contributed by atoms with E-state index in [1.54, 1.807) is 0 Å². The van der Waals surface area contributed by atoms with E-state index in [2.05, 4.69) is 242 Å². The van der Waals surface area contributed by atoms with E-state index in [0.717, 1.165) is 50.8 Å². The summed E-state index contributed by atoms with van der Waals surface area (Å²) in [7, 11) is 0. The lowest BCUT2D eigenvalue weighted by Gasteiger charge is -2.36. The predicted octanol–water partition coefficient (Wildman–Crippen LogP) is 16.2. The molecule has 0 saturated carbocycles. The molecule has 2 atom stereocenters. The summed E-state index contributed by atoms with van der Waals surface area (Å²) in [6.07, 6.45) is 9.21. The summed E-state index contributed by atoms with van der Waals surface area (Å²) in [4.78, 5) is 2.32. The van der Waals surface area contributed by atoms with Crippen LogP contribution in [0.3, 0.4) is 0 Å². The Morgan fingerprint density at radius 1 is 0.344 bits per heavy atom. The molecule has 3 heteroatoms. The molecule has 0 radical (unpaired) electrons. The molecule has 13 rings (SSSR count). The van der Waals surface area contributed by atoms with Crippen molar-refractivity contribution in [2.24, 2.45) is 5.92 Å². The van der Waals surface area contributed by atoms with E-state index in [-0.39, 0.29) is 17.3 Å². The Balaban J connectivity index is 0.932. The van der Waals surface area contributed by atoms with Gasteiger partial charge in [0.25, 0.3) is 0 Å². The molecule has 3 nitrogen and oxygen atoms in total. The first-order chi connectivity index (χ1) is 31.7. The molecule has 2 unspecified atom stereocenters. The molecule has 1 heterocycles. The molecule has 3 aliphatic carbocycles. The highest BCUT2D eigenvalue weighted by Crippen LogP contribution is 2.67. The zero-order valence-electron chi connectivity index (χ0n) is 34.9. The maximum absolute atomic E-state index is 7.05. The molecule has 64 heavy (non-hydrogen) atoms. The maximum atomic E-state index is 7.05. The van der Waals surface area contributed by atoms with Crippen LogP contribution in [0.25, 0.3) is 44.5 Å². The number of hydrogen-bond acceptors (Lipinski definition) is 3. The quantitative estimate of drug-likeness (QED) is 0.167. The molecule has 0 aromatic heterocycles. The molecule has 0 fully saturated rings. The van der Waals surface area contributed by atoms with E-state index < -0.39 is 0 Å². The van der Waals surface area contributed by atoms with E-state index >= 15 is 0 Å². The average molecular weight is 820 g/mol. The van der Waals surface area contributed by atoms with Gasteiger partial charge in [-0.2, -0.15) is 0 Å². The van der Waals surface area contributed by atoms with Crippen molar-refractivity contribution < 1.29 is 9.47 Å². The summed E-state index contributed by atoms with van der Waals surface area (Å²) in [5.74, 6) is 3.27. The van der Waals surface area contributed by atoms with E-state index in [9.17, 15) is 0 Å². The summed E-state index contributed by atoms with van der Waals surface area (Å²) in [5.41, 5.74) is 17.6. The number of anilines is 3. The van der Waals surface area contributed by atoms with Crippen LogP contribution in [-0.4, -0.2) is 0 Å². The van der Waals surface area contributed by atoms with Gasteiger partial charge in [-0.3, -0.25) is 0 Å². The largest absolute Gasteiger partial charge is 0.449 e. The van der Waals surface area contributed by atoms with Crippen molar-refractivity contribution in [1.82, 2.24) is 0 Å². The van der Waals surface area contributed by atoms with Gasteiger partial charge in [-0.15, -0.1) is 0 Å². The van der Waals surface area contributed by atoms with Crippen LogP contribution in [0.5, 0.6) is 23.0 Å². The minimum Gasteiger partial charge on any atom is -0.449 e. The van der Waals surface area contributed by atoms with Crippen LogP contribution in [0.2, 0.25) is 0 Å². The number of nitrogens with zero attached hydrogens (tertiary/aromatic N) is 1. The molecule has 0 N–H and O–H groups in total. The third kappa shape index (κ3) is 5.60. The highest BCUT2D eigenvalue weighted by Gasteiger charge is 2.57.